The van der Waals surface area contributed by atoms with Gasteiger partial charge in [-0.1, -0.05) is 25.1 Å². The van der Waals surface area contributed by atoms with Crippen LogP contribution in [0.15, 0.2) is 42.5 Å². The number of nitrogens with one attached hydrogen (secondary N) is 1. The first kappa shape index (κ1) is 15.5. The third-order valence-electron chi connectivity index (χ3n) is 3.25. The maximum Gasteiger partial charge on any atom is 0.123 e. The molecule has 0 aliphatic rings. The third-order valence-corrected chi connectivity index (χ3v) is 3.25. The van der Waals surface area contributed by atoms with Crippen LogP contribution in [0.25, 0.3) is 0 Å². The van der Waals surface area contributed by atoms with Gasteiger partial charge in [-0.2, -0.15) is 0 Å². The minimum Gasteiger partial charge on any atom is -0.494 e. The molecule has 0 saturated carbocycles. The molecule has 4 heteroatoms. The largest absolute Gasteiger partial charge is 0.494 e. The van der Waals surface area contributed by atoms with Gasteiger partial charge < -0.3 is 4.74 Å². The predicted octanol–water partition coefficient (Wildman–Crippen LogP) is 3.48. The maximum absolute atomic E-state index is 13.6. The molecular formula is C17H21FN2O. The number of hydrazine groups is 1. The third kappa shape index (κ3) is 4.03. The highest BCUT2D eigenvalue weighted by molar-refractivity contribution is 5.37. The van der Waals surface area contributed by atoms with Crippen LogP contribution in [0.2, 0.25) is 0 Å². The zero-order valence-corrected chi connectivity index (χ0v) is 12.4. The van der Waals surface area contributed by atoms with Crippen molar-refractivity contribution >= 4 is 0 Å². The van der Waals surface area contributed by atoms with Crippen LogP contribution >= 0.6 is 0 Å². The second-order valence-corrected chi connectivity index (χ2v) is 5.08. The van der Waals surface area contributed by atoms with E-state index in [0.29, 0.717) is 6.61 Å². The Balaban J connectivity index is 2.24. The molecule has 0 aromatic heterocycles. The van der Waals surface area contributed by atoms with Crippen molar-refractivity contribution in [1.29, 1.82) is 0 Å². The van der Waals surface area contributed by atoms with Gasteiger partial charge in [0.1, 0.15) is 11.6 Å². The van der Waals surface area contributed by atoms with E-state index in [9.17, 15) is 4.39 Å². The molecule has 1 unspecified atom stereocenters. The Kier molecular flexibility index (Phi) is 5.31. The van der Waals surface area contributed by atoms with E-state index in [-0.39, 0.29) is 11.9 Å². The molecule has 0 saturated heterocycles. The summed E-state index contributed by atoms with van der Waals surface area (Å²) < 4.78 is 19.1. The Bertz CT molecular complexity index is 564. The lowest BCUT2D eigenvalue weighted by Crippen LogP contribution is -2.29. The van der Waals surface area contributed by atoms with Gasteiger partial charge in [-0.3, -0.25) is 5.84 Å². The molecule has 0 bridgehead atoms. The molecule has 0 aliphatic carbocycles. The highest BCUT2D eigenvalue weighted by Crippen LogP contribution is 2.25. The quantitative estimate of drug-likeness (QED) is 0.632. The van der Waals surface area contributed by atoms with Gasteiger partial charge in [0.2, 0.25) is 0 Å². The van der Waals surface area contributed by atoms with Crippen LogP contribution in [0.5, 0.6) is 5.75 Å². The van der Waals surface area contributed by atoms with E-state index in [0.717, 1.165) is 28.9 Å². The number of nitrogens with two attached hydrogens (primary N) is 1. The fraction of sp³-hybridized carbons (Fsp3) is 0.294. The standard InChI is InChI=1S/C17H21FN2O/c1-3-8-21-16-6-4-13(5-7-16)17(20-19)14-9-12(2)10-15(18)11-14/h4-7,9-11,17,20H,3,8,19H2,1-2H3. The van der Waals surface area contributed by atoms with E-state index >= 15 is 0 Å². The molecule has 21 heavy (non-hydrogen) atoms. The zero-order valence-electron chi connectivity index (χ0n) is 12.4. The van der Waals surface area contributed by atoms with Crippen molar-refractivity contribution in [3.63, 3.8) is 0 Å². The highest BCUT2D eigenvalue weighted by Gasteiger charge is 2.13. The van der Waals surface area contributed by atoms with Crippen molar-refractivity contribution in [3.8, 4) is 5.75 Å². The number of ether oxygens (including phenoxy) is 1. The van der Waals surface area contributed by atoms with Crippen molar-refractivity contribution in [2.45, 2.75) is 26.3 Å². The van der Waals surface area contributed by atoms with Gasteiger partial charge >= 0.3 is 0 Å². The number of hydrogen-bond acceptors (Lipinski definition) is 3. The fourth-order valence-corrected chi connectivity index (χ4v) is 2.29. The summed E-state index contributed by atoms with van der Waals surface area (Å²) >= 11 is 0. The maximum atomic E-state index is 13.6. The lowest BCUT2D eigenvalue weighted by molar-refractivity contribution is 0.317. The van der Waals surface area contributed by atoms with Crippen molar-refractivity contribution in [2.75, 3.05) is 6.61 Å². The van der Waals surface area contributed by atoms with Crippen LogP contribution in [-0.4, -0.2) is 6.61 Å². The minimum absolute atomic E-state index is 0.250. The van der Waals surface area contributed by atoms with Gasteiger partial charge in [-0.15, -0.1) is 0 Å². The molecule has 2 aromatic carbocycles. The van der Waals surface area contributed by atoms with Crippen LogP contribution in [0.1, 0.15) is 36.1 Å². The topological polar surface area (TPSA) is 47.3 Å². The summed E-state index contributed by atoms with van der Waals surface area (Å²) in [6.07, 6.45) is 0.970. The van der Waals surface area contributed by atoms with Crippen LogP contribution in [0.3, 0.4) is 0 Å². The molecule has 0 amide bonds. The molecule has 3 N–H and O–H groups in total. The smallest absolute Gasteiger partial charge is 0.123 e. The van der Waals surface area contributed by atoms with E-state index in [1.54, 1.807) is 0 Å². The number of aryl methyl sites for hydroxylation is 1. The summed E-state index contributed by atoms with van der Waals surface area (Å²) in [6.45, 7) is 4.62. The van der Waals surface area contributed by atoms with E-state index in [2.05, 4.69) is 12.3 Å². The zero-order chi connectivity index (χ0) is 15.2. The van der Waals surface area contributed by atoms with Crippen LogP contribution in [-0.2, 0) is 0 Å². The van der Waals surface area contributed by atoms with Gasteiger partial charge in [0.15, 0.2) is 0 Å². The van der Waals surface area contributed by atoms with Crippen LogP contribution in [0, 0.1) is 12.7 Å². The first-order valence-corrected chi connectivity index (χ1v) is 7.10. The summed E-state index contributed by atoms with van der Waals surface area (Å²) in [6, 6.07) is 12.4. The Morgan fingerprint density at radius 1 is 1.14 bits per heavy atom. The summed E-state index contributed by atoms with van der Waals surface area (Å²) in [4.78, 5) is 0. The Labute approximate surface area is 124 Å². The Hall–Kier alpha value is -1.91. The van der Waals surface area contributed by atoms with Gasteiger partial charge in [0, 0.05) is 0 Å². The predicted molar refractivity (Wildman–Crippen MR) is 82.5 cm³/mol. The number of halogens is 1. The summed E-state index contributed by atoms with van der Waals surface area (Å²) in [7, 11) is 0. The second-order valence-electron chi connectivity index (χ2n) is 5.08. The molecule has 0 fully saturated rings. The number of hydrogen-bond donors (Lipinski definition) is 2. The molecule has 1 atom stereocenters. The van der Waals surface area contributed by atoms with E-state index < -0.39 is 0 Å². The van der Waals surface area contributed by atoms with Crippen molar-refractivity contribution in [2.24, 2.45) is 5.84 Å². The summed E-state index contributed by atoms with van der Waals surface area (Å²) in [5.41, 5.74) is 5.38. The summed E-state index contributed by atoms with van der Waals surface area (Å²) in [5.74, 6) is 6.22. The average molecular weight is 288 g/mol. The molecule has 112 valence electrons. The Morgan fingerprint density at radius 2 is 1.86 bits per heavy atom. The van der Waals surface area contributed by atoms with Gasteiger partial charge in [-0.05, 0) is 54.3 Å². The molecule has 0 spiro atoms. The van der Waals surface area contributed by atoms with Crippen molar-refractivity contribution < 1.29 is 9.13 Å². The van der Waals surface area contributed by atoms with Gasteiger partial charge in [0.05, 0.1) is 12.6 Å². The van der Waals surface area contributed by atoms with E-state index in [4.69, 9.17) is 10.6 Å². The monoisotopic (exact) mass is 288 g/mol. The van der Waals surface area contributed by atoms with Crippen LogP contribution in [0.4, 0.5) is 4.39 Å². The molecule has 0 radical (unpaired) electrons. The van der Waals surface area contributed by atoms with E-state index in [1.165, 1.54) is 12.1 Å². The molecule has 2 aromatic rings. The number of rotatable bonds is 6. The molecular weight excluding hydrogens is 267 g/mol. The first-order valence-electron chi connectivity index (χ1n) is 7.10. The summed E-state index contributed by atoms with van der Waals surface area (Å²) in [5, 5.41) is 0. The second kappa shape index (κ2) is 7.20. The molecule has 2 rings (SSSR count). The molecule has 0 aliphatic heterocycles. The number of benzene rings is 2. The SMILES string of the molecule is CCCOc1ccc(C(NN)c2cc(C)cc(F)c2)cc1. The van der Waals surface area contributed by atoms with Gasteiger partial charge in [0.25, 0.3) is 0 Å². The Morgan fingerprint density at radius 3 is 2.43 bits per heavy atom. The van der Waals surface area contributed by atoms with Crippen LogP contribution < -0.4 is 16.0 Å². The van der Waals surface area contributed by atoms with Crippen molar-refractivity contribution in [1.82, 2.24) is 5.43 Å². The normalized spacial score (nSPS) is 12.2. The van der Waals surface area contributed by atoms with Crippen molar-refractivity contribution in [3.05, 3.63) is 65.0 Å². The van der Waals surface area contributed by atoms with Gasteiger partial charge in [-0.25, -0.2) is 9.82 Å². The minimum atomic E-state index is -0.256. The lowest BCUT2D eigenvalue weighted by Gasteiger charge is -2.18. The molecule has 0 heterocycles. The average Bonchev–Trinajstić information content (AvgIpc) is 2.46. The first-order chi connectivity index (χ1) is 10.1. The lowest BCUT2D eigenvalue weighted by atomic mass is 9.97. The molecule has 3 nitrogen and oxygen atoms in total. The highest BCUT2D eigenvalue weighted by atomic mass is 19.1. The van der Waals surface area contributed by atoms with E-state index in [1.807, 2.05) is 37.3 Å². The fourth-order valence-electron chi connectivity index (χ4n) is 2.29.